The number of aliphatic hydroxyl groups excluding tert-OH is 1. The van der Waals surface area contributed by atoms with Gasteiger partial charge in [0.05, 0.1) is 6.10 Å². The van der Waals surface area contributed by atoms with Crippen LogP contribution in [0.2, 0.25) is 0 Å². The SMILES string of the molecule is OC(CCc1cccn1CCCCCCc1nn[nH]n1)Cc1cccc(F)c1. The predicted octanol–water partition coefficient (Wildman–Crippen LogP) is 3.48. The van der Waals surface area contributed by atoms with Crippen molar-refractivity contribution in [1.82, 2.24) is 25.2 Å². The van der Waals surface area contributed by atoms with Gasteiger partial charge in [0.25, 0.3) is 0 Å². The number of hydrogen-bond acceptors (Lipinski definition) is 4. The smallest absolute Gasteiger partial charge is 0.174 e. The molecule has 2 N–H and O–H groups in total. The van der Waals surface area contributed by atoms with Crippen molar-refractivity contribution in [1.29, 1.82) is 0 Å². The zero-order valence-corrected chi connectivity index (χ0v) is 16.1. The summed E-state index contributed by atoms with van der Waals surface area (Å²) in [5.74, 6) is 0.528. The lowest BCUT2D eigenvalue weighted by atomic mass is 10.0. The molecule has 0 aliphatic rings. The molecule has 0 spiro atoms. The van der Waals surface area contributed by atoms with E-state index in [2.05, 4.69) is 43.5 Å². The molecule has 0 bridgehead atoms. The van der Waals surface area contributed by atoms with E-state index >= 15 is 0 Å². The number of H-pyrrole nitrogens is 1. The van der Waals surface area contributed by atoms with Crippen LogP contribution in [-0.2, 0) is 25.8 Å². The first-order valence-electron chi connectivity index (χ1n) is 9.99. The number of halogens is 1. The van der Waals surface area contributed by atoms with Crippen LogP contribution in [0.15, 0.2) is 42.6 Å². The largest absolute Gasteiger partial charge is 0.393 e. The van der Waals surface area contributed by atoms with E-state index in [-0.39, 0.29) is 5.82 Å². The summed E-state index contributed by atoms with van der Waals surface area (Å²) < 4.78 is 15.5. The molecule has 0 saturated carbocycles. The van der Waals surface area contributed by atoms with E-state index in [4.69, 9.17) is 0 Å². The van der Waals surface area contributed by atoms with Gasteiger partial charge in [-0.1, -0.05) is 30.2 Å². The second kappa shape index (κ2) is 10.7. The summed E-state index contributed by atoms with van der Waals surface area (Å²) >= 11 is 0. The number of aromatic nitrogens is 5. The molecule has 0 aliphatic carbocycles. The third-order valence-corrected chi connectivity index (χ3v) is 4.96. The van der Waals surface area contributed by atoms with Gasteiger partial charge in [0.1, 0.15) is 5.82 Å². The number of tetrazole rings is 1. The lowest BCUT2D eigenvalue weighted by Gasteiger charge is -2.13. The molecule has 3 rings (SSSR count). The van der Waals surface area contributed by atoms with Crippen LogP contribution in [0.1, 0.15) is 49.2 Å². The predicted molar refractivity (Wildman–Crippen MR) is 105 cm³/mol. The summed E-state index contributed by atoms with van der Waals surface area (Å²) in [6.07, 6.45) is 9.00. The van der Waals surface area contributed by atoms with Gasteiger partial charge in [-0.05, 0) is 61.9 Å². The lowest BCUT2D eigenvalue weighted by Crippen LogP contribution is -2.13. The molecule has 0 amide bonds. The van der Waals surface area contributed by atoms with Crippen LogP contribution in [-0.4, -0.2) is 36.4 Å². The summed E-state index contributed by atoms with van der Waals surface area (Å²) in [5.41, 5.74) is 2.08. The molecule has 7 heteroatoms. The van der Waals surface area contributed by atoms with Crippen molar-refractivity contribution in [2.24, 2.45) is 0 Å². The molecule has 3 aromatic rings. The minimum Gasteiger partial charge on any atom is -0.393 e. The fourth-order valence-corrected chi connectivity index (χ4v) is 3.45. The van der Waals surface area contributed by atoms with E-state index in [1.165, 1.54) is 17.8 Å². The molecular formula is C21H28FN5O. The number of aromatic amines is 1. The molecule has 2 heterocycles. The van der Waals surface area contributed by atoms with E-state index in [0.717, 1.165) is 56.5 Å². The van der Waals surface area contributed by atoms with Gasteiger partial charge < -0.3 is 9.67 Å². The van der Waals surface area contributed by atoms with Crippen LogP contribution in [0, 0.1) is 5.82 Å². The van der Waals surface area contributed by atoms with E-state index in [9.17, 15) is 9.50 Å². The van der Waals surface area contributed by atoms with Crippen LogP contribution < -0.4 is 0 Å². The third kappa shape index (κ3) is 6.56. The molecule has 0 radical (unpaired) electrons. The van der Waals surface area contributed by atoms with Gasteiger partial charge in [0.15, 0.2) is 5.82 Å². The molecule has 0 saturated heterocycles. The van der Waals surface area contributed by atoms with Crippen molar-refractivity contribution in [3.8, 4) is 0 Å². The number of rotatable bonds is 12. The summed E-state index contributed by atoms with van der Waals surface area (Å²) in [5, 5.41) is 24.2. The van der Waals surface area contributed by atoms with E-state index in [0.29, 0.717) is 12.8 Å². The molecular weight excluding hydrogens is 357 g/mol. The summed E-state index contributed by atoms with van der Waals surface area (Å²) in [4.78, 5) is 0. The molecule has 28 heavy (non-hydrogen) atoms. The van der Waals surface area contributed by atoms with Gasteiger partial charge in [-0.15, -0.1) is 10.2 Å². The zero-order valence-electron chi connectivity index (χ0n) is 16.1. The molecule has 1 aromatic carbocycles. The van der Waals surface area contributed by atoms with E-state index in [1.54, 1.807) is 6.07 Å². The Labute approximate surface area is 164 Å². The highest BCUT2D eigenvalue weighted by molar-refractivity contribution is 5.17. The highest BCUT2D eigenvalue weighted by Gasteiger charge is 2.09. The van der Waals surface area contributed by atoms with Gasteiger partial charge in [0, 0.05) is 24.9 Å². The number of unbranched alkanes of at least 4 members (excludes halogenated alkanes) is 3. The average molecular weight is 385 g/mol. The van der Waals surface area contributed by atoms with Crippen LogP contribution in [0.4, 0.5) is 4.39 Å². The monoisotopic (exact) mass is 385 g/mol. The second-order valence-corrected chi connectivity index (χ2v) is 7.21. The van der Waals surface area contributed by atoms with Gasteiger partial charge in [-0.25, -0.2) is 4.39 Å². The fourth-order valence-electron chi connectivity index (χ4n) is 3.45. The fraction of sp³-hybridized carbons (Fsp3) is 0.476. The molecule has 2 aromatic heterocycles. The van der Waals surface area contributed by atoms with Gasteiger partial charge >= 0.3 is 0 Å². The van der Waals surface area contributed by atoms with Crippen LogP contribution >= 0.6 is 0 Å². The second-order valence-electron chi connectivity index (χ2n) is 7.21. The maximum absolute atomic E-state index is 13.3. The van der Waals surface area contributed by atoms with Crippen molar-refractivity contribution in [2.45, 2.75) is 64.0 Å². The van der Waals surface area contributed by atoms with Crippen LogP contribution in [0.3, 0.4) is 0 Å². The lowest BCUT2D eigenvalue weighted by molar-refractivity contribution is 0.164. The topological polar surface area (TPSA) is 79.6 Å². The van der Waals surface area contributed by atoms with Crippen molar-refractivity contribution in [3.05, 3.63) is 65.5 Å². The van der Waals surface area contributed by atoms with Crippen molar-refractivity contribution in [2.75, 3.05) is 0 Å². The summed E-state index contributed by atoms with van der Waals surface area (Å²) in [6, 6.07) is 10.6. The first kappa shape index (κ1) is 20.2. The number of benzene rings is 1. The maximum Gasteiger partial charge on any atom is 0.174 e. The number of aryl methyl sites for hydroxylation is 3. The minimum atomic E-state index is -0.463. The first-order chi connectivity index (χ1) is 13.7. The van der Waals surface area contributed by atoms with Gasteiger partial charge in [-0.3, -0.25) is 0 Å². The molecule has 1 atom stereocenters. The Morgan fingerprint density at radius 3 is 2.79 bits per heavy atom. The Balaban J connectivity index is 1.34. The Morgan fingerprint density at radius 2 is 1.96 bits per heavy atom. The minimum absolute atomic E-state index is 0.254. The van der Waals surface area contributed by atoms with Crippen molar-refractivity contribution in [3.63, 3.8) is 0 Å². The Hall–Kier alpha value is -2.54. The summed E-state index contributed by atoms with van der Waals surface area (Å²) in [7, 11) is 0. The molecule has 0 fully saturated rings. The van der Waals surface area contributed by atoms with E-state index in [1.807, 2.05) is 6.07 Å². The average Bonchev–Trinajstić information content (AvgIpc) is 3.35. The Kier molecular flexibility index (Phi) is 7.72. The zero-order chi connectivity index (χ0) is 19.6. The molecule has 0 aliphatic heterocycles. The molecule has 6 nitrogen and oxygen atoms in total. The first-order valence-corrected chi connectivity index (χ1v) is 9.99. The quantitative estimate of drug-likeness (QED) is 0.468. The number of nitrogens with one attached hydrogen (secondary N) is 1. The maximum atomic E-state index is 13.3. The van der Waals surface area contributed by atoms with Crippen molar-refractivity contribution < 1.29 is 9.50 Å². The van der Waals surface area contributed by atoms with Gasteiger partial charge in [-0.2, -0.15) is 5.21 Å². The van der Waals surface area contributed by atoms with Crippen LogP contribution in [0.5, 0.6) is 0 Å². The Morgan fingerprint density at radius 1 is 1.07 bits per heavy atom. The number of hydrogen-bond donors (Lipinski definition) is 2. The van der Waals surface area contributed by atoms with Gasteiger partial charge in [0.2, 0.25) is 0 Å². The molecule has 1 unspecified atom stereocenters. The summed E-state index contributed by atoms with van der Waals surface area (Å²) in [6.45, 7) is 0.991. The highest BCUT2D eigenvalue weighted by Crippen LogP contribution is 2.13. The molecule has 150 valence electrons. The highest BCUT2D eigenvalue weighted by atomic mass is 19.1. The number of nitrogens with zero attached hydrogens (tertiary/aromatic N) is 4. The Bertz CT molecular complexity index is 818. The van der Waals surface area contributed by atoms with E-state index < -0.39 is 6.10 Å². The van der Waals surface area contributed by atoms with Crippen molar-refractivity contribution >= 4 is 0 Å². The number of aliphatic hydroxyl groups is 1. The normalized spacial score (nSPS) is 12.4. The third-order valence-electron chi connectivity index (χ3n) is 4.96. The standard InChI is InChI=1S/C21H28FN5O/c22-18-8-5-7-17(15-18)16-20(28)12-11-19-9-6-14-27(19)13-4-2-1-3-10-21-23-25-26-24-21/h5-9,14-15,20,28H,1-4,10-13,16H2,(H,23,24,25,26). The van der Waals surface area contributed by atoms with Crippen LogP contribution in [0.25, 0.3) is 0 Å².